The molecule has 1 aliphatic rings. The van der Waals surface area contributed by atoms with E-state index in [2.05, 4.69) is 21.2 Å². The van der Waals surface area contributed by atoms with Crippen molar-refractivity contribution in [3.63, 3.8) is 0 Å². The smallest absolute Gasteiger partial charge is 0.162 e. The molecule has 1 aliphatic carbocycles. The summed E-state index contributed by atoms with van der Waals surface area (Å²) in [6.07, 6.45) is 2.55. The number of hydrogen-bond donors (Lipinski definition) is 1. The molecule has 0 amide bonds. The van der Waals surface area contributed by atoms with E-state index in [1.807, 2.05) is 43.3 Å². The molecule has 0 radical (unpaired) electrons. The van der Waals surface area contributed by atoms with Crippen molar-refractivity contribution < 1.29 is 9.47 Å². The molecule has 0 spiro atoms. The van der Waals surface area contributed by atoms with E-state index in [-0.39, 0.29) is 0 Å². The van der Waals surface area contributed by atoms with E-state index >= 15 is 0 Å². The minimum absolute atomic E-state index is 0.409. The summed E-state index contributed by atoms with van der Waals surface area (Å²) in [5, 5.41) is 4.23. The molecular formula is C19H21BrClNO2. The van der Waals surface area contributed by atoms with Gasteiger partial charge in [-0.05, 0) is 43.5 Å². The molecule has 0 aliphatic heterocycles. The second-order valence-corrected chi connectivity index (χ2v) is 7.12. The molecular weight excluding hydrogens is 390 g/mol. The van der Waals surface area contributed by atoms with Crippen molar-refractivity contribution in [1.29, 1.82) is 0 Å². The Bertz CT molecular complexity index is 704. The molecule has 0 bridgehead atoms. The first-order valence-electron chi connectivity index (χ1n) is 8.22. The molecule has 24 heavy (non-hydrogen) atoms. The van der Waals surface area contributed by atoms with Gasteiger partial charge in [0.2, 0.25) is 0 Å². The summed E-state index contributed by atoms with van der Waals surface area (Å²) in [7, 11) is 0. The number of rotatable bonds is 8. The maximum absolute atomic E-state index is 6.20. The van der Waals surface area contributed by atoms with E-state index in [1.165, 1.54) is 18.4 Å². The number of ether oxygens (including phenoxy) is 2. The highest BCUT2D eigenvalue weighted by Crippen LogP contribution is 2.35. The van der Waals surface area contributed by atoms with Crippen molar-refractivity contribution in [3.05, 3.63) is 57.0 Å². The largest absolute Gasteiger partial charge is 0.490 e. The van der Waals surface area contributed by atoms with Crippen molar-refractivity contribution >= 4 is 27.5 Å². The summed E-state index contributed by atoms with van der Waals surface area (Å²) in [5.74, 6) is 1.49. The predicted molar refractivity (Wildman–Crippen MR) is 101 cm³/mol. The minimum Gasteiger partial charge on any atom is -0.490 e. The van der Waals surface area contributed by atoms with Crippen LogP contribution in [0.15, 0.2) is 40.9 Å². The zero-order valence-electron chi connectivity index (χ0n) is 13.6. The fourth-order valence-corrected chi connectivity index (χ4v) is 3.06. The Morgan fingerprint density at radius 2 is 1.88 bits per heavy atom. The molecule has 0 heterocycles. The Labute approximate surface area is 156 Å². The quantitative estimate of drug-likeness (QED) is 0.638. The van der Waals surface area contributed by atoms with Crippen LogP contribution in [0.25, 0.3) is 0 Å². The van der Waals surface area contributed by atoms with Crippen molar-refractivity contribution in [3.8, 4) is 11.5 Å². The van der Waals surface area contributed by atoms with Crippen LogP contribution < -0.4 is 14.8 Å². The van der Waals surface area contributed by atoms with Gasteiger partial charge >= 0.3 is 0 Å². The summed E-state index contributed by atoms with van der Waals surface area (Å²) in [5.41, 5.74) is 2.13. The van der Waals surface area contributed by atoms with Crippen LogP contribution in [-0.2, 0) is 13.2 Å². The predicted octanol–water partition coefficient (Wildman–Crippen LogP) is 5.33. The first-order chi connectivity index (χ1) is 11.7. The van der Waals surface area contributed by atoms with Crippen LogP contribution in [0.3, 0.4) is 0 Å². The van der Waals surface area contributed by atoms with Crippen molar-refractivity contribution in [2.45, 2.75) is 39.0 Å². The van der Waals surface area contributed by atoms with Gasteiger partial charge in [0.1, 0.15) is 6.61 Å². The molecule has 128 valence electrons. The van der Waals surface area contributed by atoms with Gasteiger partial charge in [0, 0.05) is 27.6 Å². The maximum atomic E-state index is 6.20. The van der Waals surface area contributed by atoms with Crippen molar-refractivity contribution in [2.75, 3.05) is 6.61 Å². The summed E-state index contributed by atoms with van der Waals surface area (Å²) in [4.78, 5) is 0. The fraction of sp³-hybridized carbons (Fsp3) is 0.368. The van der Waals surface area contributed by atoms with E-state index in [1.54, 1.807) is 0 Å². The summed E-state index contributed by atoms with van der Waals surface area (Å²) >= 11 is 9.84. The van der Waals surface area contributed by atoms with E-state index in [4.69, 9.17) is 21.1 Å². The molecule has 3 nitrogen and oxygen atoms in total. The molecule has 0 saturated heterocycles. The maximum Gasteiger partial charge on any atom is 0.162 e. The lowest BCUT2D eigenvalue weighted by Gasteiger charge is -2.16. The van der Waals surface area contributed by atoms with Crippen LogP contribution in [-0.4, -0.2) is 12.6 Å². The summed E-state index contributed by atoms with van der Waals surface area (Å²) in [6.45, 7) is 3.81. The zero-order chi connectivity index (χ0) is 16.9. The van der Waals surface area contributed by atoms with E-state index < -0.39 is 0 Å². The van der Waals surface area contributed by atoms with Gasteiger partial charge in [0.25, 0.3) is 0 Å². The van der Waals surface area contributed by atoms with Gasteiger partial charge in [-0.25, -0.2) is 0 Å². The molecule has 2 aromatic carbocycles. The number of benzene rings is 2. The highest BCUT2D eigenvalue weighted by molar-refractivity contribution is 9.10. The lowest BCUT2D eigenvalue weighted by molar-refractivity contribution is 0.269. The first kappa shape index (κ1) is 17.6. The van der Waals surface area contributed by atoms with Gasteiger partial charge in [0.05, 0.1) is 6.61 Å². The standard InChI is InChI=1S/C19H21BrClNO2/c1-2-23-18-9-14(11-22-15-7-8-15)16(20)10-19(18)24-12-13-5-3-4-6-17(13)21/h3-6,9-10,15,22H,2,7-8,11-12H2,1H3. The molecule has 3 rings (SSSR count). The summed E-state index contributed by atoms with van der Waals surface area (Å²) in [6, 6.07) is 12.4. The average molecular weight is 411 g/mol. The Morgan fingerprint density at radius 1 is 1.12 bits per heavy atom. The second kappa shape index (κ2) is 8.24. The fourth-order valence-electron chi connectivity index (χ4n) is 2.41. The van der Waals surface area contributed by atoms with Gasteiger partial charge < -0.3 is 14.8 Å². The first-order valence-corrected chi connectivity index (χ1v) is 9.39. The van der Waals surface area contributed by atoms with Gasteiger partial charge in [-0.15, -0.1) is 0 Å². The monoisotopic (exact) mass is 409 g/mol. The van der Waals surface area contributed by atoms with E-state index in [0.717, 1.165) is 28.1 Å². The van der Waals surface area contributed by atoms with Crippen molar-refractivity contribution in [1.82, 2.24) is 5.32 Å². The molecule has 1 N–H and O–H groups in total. The molecule has 1 saturated carbocycles. The topological polar surface area (TPSA) is 30.5 Å². The minimum atomic E-state index is 0.409. The molecule has 0 atom stereocenters. The number of nitrogens with one attached hydrogen (secondary N) is 1. The third kappa shape index (κ3) is 4.65. The third-order valence-corrected chi connectivity index (χ3v) is 5.02. The highest BCUT2D eigenvalue weighted by Gasteiger charge is 2.21. The number of halogens is 2. The lowest BCUT2D eigenvalue weighted by atomic mass is 10.2. The Balaban J connectivity index is 1.75. The van der Waals surface area contributed by atoms with Crippen LogP contribution in [0.5, 0.6) is 11.5 Å². The zero-order valence-corrected chi connectivity index (χ0v) is 16.0. The van der Waals surface area contributed by atoms with Crippen LogP contribution in [0.4, 0.5) is 0 Å². The highest BCUT2D eigenvalue weighted by atomic mass is 79.9. The summed E-state index contributed by atoms with van der Waals surface area (Å²) < 4.78 is 12.8. The Hall–Kier alpha value is -1.23. The van der Waals surface area contributed by atoms with Gasteiger partial charge in [0.15, 0.2) is 11.5 Å². The molecule has 1 fully saturated rings. The van der Waals surface area contributed by atoms with Gasteiger partial charge in [-0.2, -0.15) is 0 Å². The average Bonchev–Trinajstić information content (AvgIpc) is 3.39. The van der Waals surface area contributed by atoms with Gasteiger partial charge in [-0.1, -0.05) is 45.7 Å². The second-order valence-electron chi connectivity index (χ2n) is 5.86. The lowest BCUT2D eigenvalue weighted by Crippen LogP contribution is -2.15. The normalized spacial score (nSPS) is 13.8. The van der Waals surface area contributed by atoms with Crippen LogP contribution in [0.2, 0.25) is 5.02 Å². The molecule has 0 unspecified atom stereocenters. The third-order valence-electron chi connectivity index (χ3n) is 3.91. The molecule has 0 aromatic heterocycles. The Kier molecular flexibility index (Phi) is 6.04. The van der Waals surface area contributed by atoms with Crippen LogP contribution in [0.1, 0.15) is 30.9 Å². The molecule has 2 aromatic rings. The van der Waals surface area contributed by atoms with Gasteiger partial charge in [-0.3, -0.25) is 0 Å². The van der Waals surface area contributed by atoms with E-state index in [9.17, 15) is 0 Å². The van der Waals surface area contributed by atoms with Crippen LogP contribution >= 0.6 is 27.5 Å². The van der Waals surface area contributed by atoms with Crippen LogP contribution in [0, 0.1) is 0 Å². The molecule has 5 heteroatoms. The van der Waals surface area contributed by atoms with Crippen molar-refractivity contribution in [2.24, 2.45) is 0 Å². The Morgan fingerprint density at radius 3 is 2.58 bits per heavy atom. The number of hydrogen-bond acceptors (Lipinski definition) is 3. The SMILES string of the molecule is CCOc1cc(CNC2CC2)c(Br)cc1OCc1ccccc1Cl. The van der Waals surface area contributed by atoms with E-state index in [0.29, 0.717) is 24.3 Å².